The topological polar surface area (TPSA) is 75.5 Å². The van der Waals surface area contributed by atoms with E-state index in [2.05, 4.69) is 26.5 Å². The van der Waals surface area contributed by atoms with Crippen LogP contribution in [0, 0.1) is 5.92 Å². The summed E-state index contributed by atoms with van der Waals surface area (Å²) in [4.78, 5) is 26.9. The number of carbonyl (C=O) groups excluding carboxylic acids is 2. The Bertz CT molecular complexity index is 1640. The lowest BCUT2D eigenvalue weighted by molar-refractivity contribution is -0.130. The second kappa shape index (κ2) is 13.3. The Morgan fingerprint density at radius 2 is 1.40 bits per heavy atom. The molecule has 0 aliphatic heterocycles. The van der Waals surface area contributed by atoms with Gasteiger partial charge in [-0.05, 0) is 40.8 Å². The molecule has 1 atom stereocenters. The van der Waals surface area contributed by atoms with Crippen molar-refractivity contribution < 1.29 is 9.59 Å². The monoisotopic (exact) mass is 576 g/mol. The van der Waals surface area contributed by atoms with Crippen molar-refractivity contribution in [1.82, 2.24) is 15.3 Å². The van der Waals surface area contributed by atoms with E-state index in [1.807, 2.05) is 123 Å². The summed E-state index contributed by atoms with van der Waals surface area (Å²) in [7, 11) is 0. The van der Waals surface area contributed by atoms with Crippen molar-refractivity contribution in [2.45, 2.75) is 32.4 Å². The molecule has 6 nitrogen and oxygen atoms in total. The smallest absolute Gasteiger partial charge is 0.262 e. The molecular formula is C35H33ClN4O2. The predicted molar refractivity (Wildman–Crippen MR) is 170 cm³/mol. The molecule has 1 aromatic heterocycles. The molecule has 5 rings (SSSR count). The van der Waals surface area contributed by atoms with Crippen LogP contribution >= 0.6 is 11.6 Å². The van der Waals surface area contributed by atoms with Crippen molar-refractivity contribution in [2.75, 3.05) is 0 Å². The molecule has 0 aliphatic rings. The highest BCUT2D eigenvalue weighted by atomic mass is 35.5. The average molecular weight is 577 g/mol. The maximum absolute atomic E-state index is 13.6. The summed E-state index contributed by atoms with van der Waals surface area (Å²) in [6, 6.07) is 34.2. The molecule has 4 aromatic carbocycles. The lowest BCUT2D eigenvalue weighted by Gasteiger charge is -2.24. The van der Waals surface area contributed by atoms with Gasteiger partial charge in [-0.3, -0.25) is 9.59 Å². The van der Waals surface area contributed by atoms with E-state index in [4.69, 9.17) is 11.6 Å². The van der Waals surface area contributed by atoms with Gasteiger partial charge < -0.3 is 9.88 Å². The number of amides is 2. The van der Waals surface area contributed by atoms with Crippen molar-refractivity contribution >= 4 is 40.5 Å². The highest BCUT2D eigenvalue weighted by molar-refractivity contribution is 6.30. The number of para-hydroxylation sites is 1. The van der Waals surface area contributed by atoms with E-state index in [9.17, 15) is 9.59 Å². The summed E-state index contributed by atoms with van der Waals surface area (Å²) in [5.41, 5.74) is 7.43. The maximum atomic E-state index is 13.6. The summed E-state index contributed by atoms with van der Waals surface area (Å²) in [5.74, 6) is -1.32. The molecule has 0 spiro atoms. The molecule has 42 heavy (non-hydrogen) atoms. The number of carbonyl (C=O) groups is 2. The Morgan fingerprint density at radius 3 is 2.02 bits per heavy atom. The summed E-state index contributed by atoms with van der Waals surface area (Å²) in [6.07, 6.45) is 3.66. The summed E-state index contributed by atoms with van der Waals surface area (Å²) in [6.45, 7) is 4.47. The third kappa shape index (κ3) is 6.78. The van der Waals surface area contributed by atoms with Gasteiger partial charge in [0.2, 0.25) is 5.91 Å². The minimum Gasteiger partial charge on any atom is -0.343 e. The quantitative estimate of drug-likeness (QED) is 0.142. The molecule has 0 fully saturated rings. The first-order valence-corrected chi connectivity index (χ1v) is 14.3. The van der Waals surface area contributed by atoms with Gasteiger partial charge in [0.05, 0.1) is 12.1 Å². The number of rotatable bonds is 10. The lowest BCUT2D eigenvalue weighted by Crippen LogP contribution is -2.50. The van der Waals surface area contributed by atoms with Crippen LogP contribution in [0.3, 0.4) is 0 Å². The van der Waals surface area contributed by atoms with Crippen molar-refractivity contribution in [3.05, 3.63) is 143 Å². The van der Waals surface area contributed by atoms with Crippen LogP contribution in [-0.4, -0.2) is 28.6 Å². The van der Waals surface area contributed by atoms with Gasteiger partial charge in [0.25, 0.3) is 5.91 Å². The summed E-state index contributed by atoms with van der Waals surface area (Å²) >= 11 is 6.06. The molecule has 0 radical (unpaired) electrons. The molecule has 0 aliphatic carbocycles. The first-order valence-electron chi connectivity index (χ1n) is 14.0. The van der Waals surface area contributed by atoms with Crippen LogP contribution in [0.25, 0.3) is 10.9 Å². The zero-order valence-corrected chi connectivity index (χ0v) is 24.3. The molecular weight excluding hydrogens is 544 g/mol. The molecule has 2 amide bonds. The van der Waals surface area contributed by atoms with E-state index in [0.29, 0.717) is 11.6 Å². The van der Waals surface area contributed by atoms with E-state index in [1.54, 1.807) is 6.21 Å². The van der Waals surface area contributed by atoms with E-state index < -0.39 is 12.0 Å². The first kappa shape index (κ1) is 28.8. The zero-order chi connectivity index (χ0) is 29.5. The third-order valence-electron chi connectivity index (χ3n) is 7.24. The molecule has 1 heterocycles. The van der Waals surface area contributed by atoms with E-state index in [-0.39, 0.29) is 17.7 Å². The first-order chi connectivity index (χ1) is 20.4. The molecule has 7 heteroatoms. The minimum atomic E-state index is -0.768. The van der Waals surface area contributed by atoms with Gasteiger partial charge in [0.1, 0.15) is 6.04 Å². The largest absolute Gasteiger partial charge is 0.343 e. The van der Waals surface area contributed by atoms with Crippen LogP contribution in [0.1, 0.15) is 42.0 Å². The Kier molecular flexibility index (Phi) is 9.15. The fourth-order valence-corrected chi connectivity index (χ4v) is 5.21. The van der Waals surface area contributed by atoms with Crippen molar-refractivity contribution in [1.29, 1.82) is 0 Å². The van der Waals surface area contributed by atoms with Crippen LogP contribution in [0.15, 0.2) is 120 Å². The standard InChI is InChI=1S/C35H33ClN4O2/c1-24(2)33(38-34(41)32(26-11-5-3-6-12-26)27-13-7-4-8-14-27)35(42)39-37-21-28-23-40(31-16-10-9-15-30(28)31)22-25-17-19-29(36)20-18-25/h3-21,23-24,32-33H,22H2,1-2H3,(H,38,41)(H,39,42)/b37-21-/t33-/m0/s1. The Hall–Kier alpha value is -4.68. The molecule has 0 unspecified atom stereocenters. The van der Waals surface area contributed by atoms with Crippen LogP contribution in [-0.2, 0) is 16.1 Å². The maximum Gasteiger partial charge on any atom is 0.262 e. The summed E-state index contributed by atoms with van der Waals surface area (Å²) < 4.78 is 2.15. The Balaban J connectivity index is 1.32. The van der Waals surface area contributed by atoms with E-state index in [1.165, 1.54) is 0 Å². The van der Waals surface area contributed by atoms with Gasteiger partial charge in [-0.15, -0.1) is 0 Å². The fraction of sp³-hybridized carbons (Fsp3) is 0.171. The molecule has 212 valence electrons. The number of hydrogen-bond donors (Lipinski definition) is 2. The normalized spacial score (nSPS) is 12.2. The number of aromatic nitrogens is 1. The highest BCUT2D eigenvalue weighted by Crippen LogP contribution is 2.25. The number of fused-ring (bicyclic) bond motifs is 1. The predicted octanol–water partition coefficient (Wildman–Crippen LogP) is 6.77. The van der Waals surface area contributed by atoms with Gasteiger partial charge >= 0.3 is 0 Å². The van der Waals surface area contributed by atoms with Crippen LogP contribution in [0.2, 0.25) is 5.02 Å². The van der Waals surface area contributed by atoms with Crippen LogP contribution in [0.5, 0.6) is 0 Å². The Labute approximate surface area is 251 Å². The minimum absolute atomic E-state index is 0.155. The lowest BCUT2D eigenvalue weighted by atomic mass is 9.89. The SMILES string of the molecule is CC(C)[C@H](NC(=O)C(c1ccccc1)c1ccccc1)C(=O)N/N=C\c1cn(Cc2ccc(Cl)cc2)c2ccccc12. The fourth-order valence-electron chi connectivity index (χ4n) is 5.09. The molecule has 0 bridgehead atoms. The second-order valence-corrected chi connectivity index (χ2v) is 11.0. The number of nitrogens with zero attached hydrogens (tertiary/aromatic N) is 2. The molecule has 2 N–H and O–H groups in total. The number of benzene rings is 4. The van der Waals surface area contributed by atoms with E-state index in [0.717, 1.165) is 33.2 Å². The molecule has 0 saturated heterocycles. The van der Waals surface area contributed by atoms with Gasteiger partial charge in [-0.1, -0.05) is 116 Å². The number of hydrazone groups is 1. The second-order valence-electron chi connectivity index (χ2n) is 10.6. The van der Waals surface area contributed by atoms with Gasteiger partial charge in [-0.2, -0.15) is 5.10 Å². The summed E-state index contributed by atoms with van der Waals surface area (Å²) in [5, 5.41) is 9.00. The van der Waals surface area contributed by atoms with Crippen molar-refractivity contribution in [2.24, 2.45) is 11.0 Å². The number of halogens is 1. The van der Waals surface area contributed by atoms with Gasteiger partial charge in [0, 0.05) is 34.2 Å². The van der Waals surface area contributed by atoms with Crippen LogP contribution in [0.4, 0.5) is 0 Å². The van der Waals surface area contributed by atoms with Gasteiger partial charge in [0.15, 0.2) is 0 Å². The Morgan fingerprint density at radius 1 is 0.810 bits per heavy atom. The third-order valence-corrected chi connectivity index (χ3v) is 7.49. The van der Waals surface area contributed by atoms with Gasteiger partial charge in [-0.25, -0.2) is 5.43 Å². The molecule has 5 aromatic rings. The molecule has 0 saturated carbocycles. The van der Waals surface area contributed by atoms with E-state index >= 15 is 0 Å². The average Bonchev–Trinajstić information content (AvgIpc) is 3.35. The van der Waals surface area contributed by atoms with Crippen LogP contribution < -0.4 is 10.7 Å². The highest BCUT2D eigenvalue weighted by Gasteiger charge is 2.29. The van der Waals surface area contributed by atoms with Crippen molar-refractivity contribution in [3.63, 3.8) is 0 Å². The number of nitrogens with one attached hydrogen (secondary N) is 2. The number of hydrogen-bond acceptors (Lipinski definition) is 3. The van der Waals surface area contributed by atoms with Crippen molar-refractivity contribution in [3.8, 4) is 0 Å². The zero-order valence-electron chi connectivity index (χ0n) is 23.6.